The lowest BCUT2D eigenvalue weighted by Gasteiger charge is -2.36. The van der Waals surface area contributed by atoms with Gasteiger partial charge in [-0.2, -0.15) is 10.2 Å². The Morgan fingerprint density at radius 1 is 1.00 bits per heavy atom. The second kappa shape index (κ2) is 7.59. The third-order valence-electron chi connectivity index (χ3n) is 5.46. The molecule has 0 bridgehead atoms. The molecule has 4 aromatic rings. The average molecular weight is 409 g/mol. The van der Waals surface area contributed by atoms with Crippen molar-refractivity contribution in [1.29, 1.82) is 0 Å². The van der Waals surface area contributed by atoms with Crippen LogP contribution in [-0.4, -0.2) is 32.3 Å². The zero-order valence-electron chi connectivity index (χ0n) is 16.6. The zero-order valence-corrected chi connectivity index (χ0v) is 16.6. The van der Waals surface area contributed by atoms with Crippen molar-refractivity contribution in [3.05, 3.63) is 102 Å². The van der Waals surface area contributed by atoms with Crippen molar-refractivity contribution < 1.29 is 9.63 Å². The number of aromatic nitrogens is 3. The number of benzene rings is 2. The highest BCUT2D eigenvalue weighted by Crippen LogP contribution is 2.43. The second-order valence-corrected chi connectivity index (χ2v) is 7.21. The van der Waals surface area contributed by atoms with E-state index in [2.05, 4.69) is 21.9 Å². The first-order valence-electron chi connectivity index (χ1n) is 9.88. The molecule has 7 nitrogen and oxygen atoms in total. The van der Waals surface area contributed by atoms with Gasteiger partial charge in [0.1, 0.15) is 11.2 Å². The molecule has 2 aromatic heterocycles. The maximum atomic E-state index is 12.2. The molecule has 1 unspecified atom stereocenters. The fraction of sp³-hybridized carbons (Fsp3) is 0.125. The van der Waals surface area contributed by atoms with Crippen LogP contribution in [0.2, 0.25) is 0 Å². The van der Waals surface area contributed by atoms with Crippen molar-refractivity contribution >= 4 is 11.7 Å². The molecule has 5 rings (SSSR count). The Morgan fingerprint density at radius 3 is 2.55 bits per heavy atom. The average Bonchev–Trinajstić information content (AvgIpc) is 3.44. The van der Waals surface area contributed by atoms with Gasteiger partial charge in [-0.25, -0.2) is 14.3 Å². The Kier molecular flexibility index (Phi) is 4.62. The van der Waals surface area contributed by atoms with E-state index >= 15 is 0 Å². The molecule has 1 aliphatic rings. The van der Waals surface area contributed by atoms with E-state index < -0.39 is 11.6 Å². The number of urea groups is 1. The first-order chi connectivity index (χ1) is 15.2. The van der Waals surface area contributed by atoms with Gasteiger partial charge in [0.05, 0.1) is 12.8 Å². The zero-order chi connectivity index (χ0) is 21.3. The minimum atomic E-state index is -0.773. The van der Waals surface area contributed by atoms with Crippen LogP contribution in [0.1, 0.15) is 28.8 Å². The topological polar surface area (TPSA) is 85.8 Å². The third kappa shape index (κ3) is 3.19. The molecule has 3 heterocycles. The van der Waals surface area contributed by atoms with Gasteiger partial charge in [0.15, 0.2) is 5.65 Å². The van der Waals surface area contributed by atoms with E-state index in [1.54, 1.807) is 16.9 Å². The van der Waals surface area contributed by atoms with E-state index in [0.717, 1.165) is 22.3 Å². The number of nitrogens with two attached hydrogens (primary N) is 1. The van der Waals surface area contributed by atoms with Crippen LogP contribution in [0.15, 0.2) is 79.1 Å². The second-order valence-electron chi connectivity index (χ2n) is 7.21. The van der Waals surface area contributed by atoms with Gasteiger partial charge in [-0.3, -0.25) is 4.84 Å². The van der Waals surface area contributed by atoms with Crippen LogP contribution in [0.5, 0.6) is 0 Å². The number of nitrogens with zero attached hydrogens (tertiary/aromatic N) is 4. The first kappa shape index (κ1) is 18.9. The molecule has 0 radical (unpaired) electrons. The standard InChI is InChI=1S/C24H19N5O2/c25-23(30)29-24(14-16-31-29,19-5-2-1-3-6-19)20-11-8-18(9-12-20)10-13-21-17-26-22-7-4-15-27-28(21)22/h1-9,11-12,15,17H,14,16H2,(H2,25,30). The molecule has 0 saturated carbocycles. The summed E-state index contributed by atoms with van der Waals surface area (Å²) in [6.07, 6.45) is 4.01. The Balaban J connectivity index is 1.52. The van der Waals surface area contributed by atoms with Crippen LogP contribution in [0.25, 0.3) is 5.65 Å². The number of hydroxylamine groups is 2. The van der Waals surface area contributed by atoms with Crippen molar-refractivity contribution in [3.8, 4) is 11.8 Å². The Bertz CT molecular complexity index is 1300. The third-order valence-corrected chi connectivity index (χ3v) is 5.46. The van der Waals surface area contributed by atoms with Gasteiger partial charge in [-0.1, -0.05) is 48.4 Å². The summed E-state index contributed by atoms with van der Waals surface area (Å²) in [6, 6.07) is 20.7. The highest BCUT2D eigenvalue weighted by Gasteiger charge is 2.47. The number of imidazole rings is 1. The van der Waals surface area contributed by atoms with E-state index in [0.29, 0.717) is 18.7 Å². The molecule has 7 heteroatoms. The number of rotatable bonds is 2. The van der Waals surface area contributed by atoms with Crippen LogP contribution in [-0.2, 0) is 10.4 Å². The molecular formula is C24H19N5O2. The summed E-state index contributed by atoms with van der Waals surface area (Å²) in [5.74, 6) is 6.28. The van der Waals surface area contributed by atoms with Gasteiger partial charge in [0, 0.05) is 18.2 Å². The van der Waals surface area contributed by atoms with Gasteiger partial charge >= 0.3 is 6.03 Å². The number of hydrogen-bond donors (Lipinski definition) is 1. The smallest absolute Gasteiger partial charge is 0.339 e. The maximum Gasteiger partial charge on any atom is 0.339 e. The van der Waals surface area contributed by atoms with Crippen LogP contribution in [0, 0.1) is 11.8 Å². The molecule has 31 heavy (non-hydrogen) atoms. The van der Waals surface area contributed by atoms with Crippen molar-refractivity contribution in [2.45, 2.75) is 12.0 Å². The summed E-state index contributed by atoms with van der Waals surface area (Å²) < 4.78 is 1.70. The lowest BCUT2D eigenvalue weighted by molar-refractivity contribution is -0.107. The lowest BCUT2D eigenvalue weighted by Crippen LogP contribution is -2.47. The maximum absolute atomic E-state index is 12.2. The molecular weight excluding hydrogens is 390 g/mol. The van der Waals surface area contributed by atoms with Crippen molar-refractivity contribution in [3.63, 3.8) is 0 Å². The van der Waals surface area contributed by atoms with E-state index in [9.17, 15) is 4.79 Å². The molecule has 1 saturated heterocycles. The molecule has 2 amide bonds. The highest BCUT2D eigenvalue weighted by molar-refractivity contribution is 5.73. The van der Waals surface area contributed by atoms with Gasteiger partial charge in [0.2, 0.25) is 0 Å². The molecule has 1 aliphatic heterocycles. The van der Waals surface area contributed by atoms with E-state index in [4.69, 9.17) is 10.6 Å². The number of fused-ring (bicyclic) bond motifs is 1. The molecule has 1 atom stereocenters. The van der Waals surface area contributed by atoms with Crippen LogP contribution >= 0.6 is 0 Å². The van der Waals surface area contributed by atoms with Crippen LogP contribution < -0.4 is 5.73 Å². The SMILES string of the molecule is NC(=O)N1OCCC1(c1ccccc1)c1ccc(C#Cc2cnc3cccnn23)cc1. The highest BCUT2D eigenvalue weighted by atomic mass is 16.7. The summed E-state index contributed by atoms with van der Waals surface area (Å²) in [6.45, 7) is 0.403. The van der Waals surface area contributed by atoms with Crippen molar-refractivity contribution in [2.75, 3.05) is 6.61 Å². The van der Waals surface area contributed by atoms with Crippen LogP contribution in [0.3, 0.4) is 0 Å². The van der Waals surface area contributed by atoms with E-state index in [1.165, 1.54) is 5.06 Å². The Hall–Kier alpha value is -4.15. The molecule has 2 aromatic carbocycles. The molecule has 0 spiro atoms. The van der Waals surface area contributed by atoms with Gasteiger partial charge in [-0.15, -0.1) is 0 Å². The van der Waals surface area contributed by atoms with Crippen molar-refractivity contribution in [1.82, 2.24) is 19.7 Å². The minimum absolute atomic E-state index is 0.403. The Morgan fingerprint density at radius 2 is 1.77 bits per heavy atom. The molecule has 0 aliphatic carbocycles. The molecule has 152 valence electrons. The summed E-state index contributed by atoms with van der Waals surface area (Å²) in [4.78, 5) is 22.1. The fourth-order valence-electron chi connectivity index (χ4n) is 4.03. The summed E-state index contributed by atoms with van der Waals surface area (Å²) >= 11 is 0. The van der Waals surface area contributed by atoms with Gasteiger partial charge in [0.25, 0.3) is 0 Å². The minimum Gasteiger partial charge on any atom is -0.350 e. The lowest BCUT2D eigenvalue weighted by atomic mass is 9.80. The molecule has 1 fully saturated rings. The molecule has 2 N–H and O–H groups in total. The van der Waals surface area contributed by atoms with Crippen molar-refractivity contribution in [2.24, 2.45) is 5.73 Å². The predicted molar refractivity (Wildman–Crippen MR) is 115 cm³/mol. The first-order valence-corrected chi connectivity index (χ1v) is 9.88. The summed E-state index contributed by atoms with van der Waals surface area (Å²) in [5, 5.41) is 5.56. The van der Waals surface area contributed by atoms with Gasteiger partial charge in [-0.05, 0) is 41.3 Å². The quantitative estimate of drug-likeness (QED) is 0.516. The van der Waals surface area contributed by atoms with Crippen LogP contribution in [0.4, 0.5) is 4.79 Å². The number of primary amides is 1. The predicted octanol–water partition coefficient (Wildman–Crippen LogP) is 3.09. The number of carbonyl (C=O) groups excluding carboxylic acids is 1. The number of hydrogen-bond acceptors (Lipinski definition) is 4. The summed E-state index contributed by atoms with van der Waals surface area (Å²) in [7, 11) is 0. The number of carbonyl (C=O) groups is 1. The summed E-state index contributed by atoms with van der Waals surface area (Å²) in [5.41, 5.74) is 9.04. The normalized spacial score (nSPS) is 18.0. The number of amides is 2. The van der Waals surface area contributed by atoms with E-state index in [-0.39, 0.29) is 0 Å². The Labute approximate surface area is 179 Å². The largest absolute Gasteiger partial charge is 0.350 e. The fourth-order valence-corrected chi connectivity index (χ4v) is 4.03. The monoisotopic (exact) mass is 409 g/mol. The van der Waals surface area contributed by atoms with Gasteiger partial charge < -0.3 is 5.73 Å². The van der Waals surface area contributed by atoms with E-state index in [1.807, 2.05) is 66.7 Å².